The first-order chi connectivity index (χ1) is 52.8. The van der Waals surface area contributed by atoms with E-state index in [1.165, 1.54) is 12.7 Å². The summed E-state index contributed by atoms with van der Waals surface area (Å²) in [5, 5.41) is 197. The second kappa shape index (κ2) is 38.5. The van der Waals surface area contributed by atoms with Crippen molar-refractivity contribution in [2.45, 2.75) is 183 Å². The first-order valence-electron chi connectivity index (χ1n) is 34.7. The predicted octanol–water partition coefficient (Wildman–Crippen LogP) is -9.09. The van der Waals surface area contributed by atoms with Crippen LogP contribution in [-0.4, -0.2) is 338 Å². The molecular weight excluding hydrogens is 1480 g/mol. The Morgan fingerprint density at radius 1 is 0.589 bits per heavy atom. The van der Waals surface area contributed by atoms with Gasteiger partial charge >= 0.3 is 0 Å². The van der Waals surface area contributed by atoms with Crippen molar-refractivity contribution in [3.05, 3.63) is 97.1 Å². The average Bonchev–Trinajstić information content (AvgIpc) is 1.59. The number of piperidine rings is 2. The molecular formula is C65H98N24O23. The Labute approximate surface area is 635 Å². The highest BCUT2D eigenvalue weighted by Gasteiger charge is 2.46. The van der Waals surface area contributed by atoms with Gasteiger partial charge in [-0.3, -0.25) is 20.5 Å². The minimum absolute atomic E-state index is 0.0216. The molecule has 47 nitrogen and oxygen atoms in total. The fourth-order valence-corrected chi connectivity index (χ4v) is 11.9. The molecule has 0 spiro atoms. The lowest BCUT2D eigenvalue weighted by Crippen LogP contribution is -2.61. The number of aliphatic hydroxyl groups is 18. The van der Waals surface area contributed by atoms with Crippen molar-refractivity contribution >= 4 is 73.1 Å². The quantitative estimate of drug-likeness (QED) is 0.0335. The molecule has 5 aliphatic heterocycles. The highest BCUT2D eigenvalue weighted by molar-refractivity contribution is 6.07. The number of amides is 1. The van der Waals surface area contributed by atoms with Crippen LogP contribution in [0.3, 0.4) is 0 Å². The molecule has 9 aromatic rings. The summed E-state index contributed by atoms with van der Waals surface area (Å²) in [7, 11) is 1.68. The van der Waals surface area contributed by atoms with Gasteiger partial charge in [0.25, 0.3) is 5.91 Å². The van der Waals surface area contributed by atoms with E-state index in [1.54, 1.807) is 25.8 Å². The number of primary amides is 1. The van der Waals surface area contributed by atoms with E-state index < -0.39 is 134 Å². The zero-order chi connectivity index (χ0) is 82.7. The van der Waals surface area contributed by atoms with Crippen LogP contribution in [0.4, 0.5) is 11.6 Å². The Kier molecular flexibility index (Phi) is 30.3. The summed E-state index contributed by atoms with van der Waals surface area (Å²) < 4.78 is 27.4. The van der Waals surface area contributed by atoms with Gasteiger partial charge in [0.2, 0.25) is 17.5 Å². The maximum atomic E-state index is 10.7. The number of para-hydroxylation sites is 2. The molecule has 5 aliphatic rings. The van der Waals surface area contributed by atoms with Crippen LogP contribution >= 0.6 is 0 Å². The van der Waals surface area contributed by atoms with Crippen molar-refractivity contribution in [3.8, 4) is 0 Å². The van der Waals surface area contributed by atoms with Gasteiger partial charge in [-0.05, 0) is 45.9 Å². The van der Waals surface area contributed by atoms with Crippen LogP contribution in [0.1, 0.15) is 81.4 Å². The topological polar surface area (TPSA) is 765 Å². The molecule has 14 rings (SSSR count). The predicted molar refractivity (Wildman–Crippen MR) is 389 cm³/mol. The number of rotatable bonds is 15. The molecule has 616 valence electrons. The van der Waals surface area contributed by atoms with E-state index in [4.69, 9.17) is 94.2 Å². The van der Waals surface area contributed by atoms with E-state index in [2.05, 4.69) is 80.0 Å². The number of hydrogen-bond donors (Lipinski definition) is 26. The number of nitrogens with one attached hydrogen (secondary N) is 3. The maximum Gasteiger partial charge on any atom is 0.288 e. The molecule has 0 aliphatic carbocycles. The standard InChI is InChI=1S/C17H22N4O2.C14H16N4.2C7H11N5O4.C7H10N4O5.C7H15NO4.C6H13NO4/c1-4-23-9-13-20-14-15(21(13)10-17(2,3)22)11-7-5-6-8-12(11)19-16(14)18;1-9(2)7-18-8-16-12-13(18)10-5-3-4-6-11(10)17-14(12)15;2*8-4(9)5-10-1-12(11-5)6-2(13)3(14)7(15)16-6;8-4(14)5-9-1-11(10-5)6-2(12)3(13)7(15)16-6;1-8-2-5(10)7(12)6(11)4(8)3-9;8-2-3-5(10)6(11)4(9)1-7-3/h5-8,22H,4,9-10H2,1-3H3,(H2,18,19);3-6,8-9H,7H2,1-2H3,(H2,15,17);2*1-3,6-7,13-15H,(H3,8,9);1-3,6-7,12-13,15H,(H2,8,14);4-7,9-12H,2-3H2,1H3;3-11H,1-2H2/t;;3*2-,3+,6-,7+;4-,5+,6-,7-;3-,4+,5-,6-/m..10011/s1. The highest BCUT2D eigenvalue weighted by Crippen LogP contribution is 2.33. The molecule has 112 heavy (non-hydrogen) atoms. The number of nitrogens with two attached hydrogens (primary N) is 5. The van der Waals surface area contributed by atoms with Gasteiger partial charge in [0.1, 0.15) is 97.4 Å². The van der Waals surface area contributed by atoms with E-state index in [0.717, 1.165) is 71.1 Å². The number of fused-ring (bicyclic) bond motifs is 6. The summed E-state index contributed by atoms with van der Waals surface area (Å²) in [5.41, 5.74) is 31.6. The van der Waals surface area contributed by atoms with Gasteiger partial charge in [-0.15, -0.1) is 15.3 Å². The van der Waals surface area contributed by atoms with Crippen LogP contribution in [0.5, 0.6) is 0 Å². The Morgan fingerprint density at radius 2 is 1.04 bits per heavy atom. The number of aliphatic hydroxyl groups excluding tert-OH is 17. The normalized spacial score (nSPS) is 28.4. The van der Waals surface area contributed by atoms with Gasteiger partial charge in [0, 0.05) is 37.0 Å². The molecule has 0 radical (unpaired) electrons. The van der Waals surface area contributed by atoms with E-state index in [9.17, 15) is 61.0 Å². The molecule has 0 saturated carbocycles. The number of pyridine rings is 2. The summed E-state index contributed by atoms with van der Waals surface area (Å²) in [4.78, 5) is 41.2. The number of amidine groups is 2. The third-order valence-corrected chi connectivity index (χ3v) is 17.7. The van der Waals surface area contributed by atoms with Crippen LogP contribution in [0.2, 0.25) is 0 Å². The second-order valence-corrected chi connectivity index (χ2v) is 27.3. The van der Waals surface area contributed by atoms with Gasteiger partial charge in [-0.2, -0.15) is 0 Å². The van der Waals surface area contributed by atoms with Gasteiger partial charge < -0.3 is 154 Å². The minimum atomic E-state index is -1.51. The summed E-state index contributed by atoms with van der Waals surface area (Å²) in [6, 6.07) is 14.8. The number of carbonyl (C=O) groups excluding carboxylic acids is 1. The lowest BCUT2D eigenvalue weighted by Gasteiger charge is -2.40. The van der Waals surface area contributed by atoms with E-state index >= 15 is 0 Å². The van der Waals surface area contributed by atoms with Crippen LogP contribution < -0.4 is 34.0 Å². The molecule has 1 amide bonds. The lowest BCUT2D eigenvalue weighted by atomic mass is 9.95. The molecule has 2 aromatic carbocycles. The summed E-state index contributed by atoms with van der Waals surface area (Å²) in [6.45, 7) is 12.2. The van der Waals surface area contributed by atoms with Crippen molar-refractivity contribution < 1.29 is 116 Å². The van der Waals surface area contributed by atoms with Gasteiger partial charge in [0.05, 0.1) is 84.1 Å². The molecule has 5 fully saturated rings. The number of aromatic nitrogens is 15. The van der Waals surface area contributed by atoms with Crippen molar-refractivity contribution in [2.75, 3.05) is 51.4 Å². The van der Waals surface area contributed by atoms with Crippen molar-refractivity contribution in [1.29, 1.82) is 10.8 Å². The van der Waals surface area contributed by atoms with Crippen LogP contribution in [0.15, 0.2) is 73.8 Å². The lowest BCUT2D eigenvalue weighted by molar-refractivity contribution is -0.144. The number of nitrogens with zero attached hydrogens (tertiary/aromatic N) is 16. The second-order valence-electron chi connectivity index (χ2n) is 27.3. The maximum absolute atomic E-state index is 10.7. The Hall–Kier alpha value is -9.33. The summed E-state index contributed by atoms with van der Waals surface area (Å²) in [6.07, 6.45) is -17.0. The number of carbonyl (C=O) groups is 1. The van der Waals surface area contributed by atoms with Crippen LogP contribution in [0, 0.1) is 16.7 Å². The van der Waals surface area contributed by atoms with Gasteiger partial charge in [-0.1, -0.05) is 50.2 Å². The number of likely N-dealkylation sites (N-methyl/N-ethyl adjacent to an activating group) is 1. The van der Waals surface area contributed by atoms with E-state index in [-0.39, 0.29) is 55.4 Å². The number of nitrogen functional groups attached to an aromatic ring is 4. The number of ether oxygens (including phenoxy) is 4. The smallest absolute Gasteiger partial charge is 0.288 e. The number of imidazole rings is 2. The van der Waals surface area contributed by atoms with Crippen LogP contribution in [0.25, 0.3) is 43.9 Å². The molecule has 7 aromatic heterocycles. The fraction of sp³-hybridized carbons (Fsp3) is 0.554. The largest absolute Gasteiger partial charge is 0.395 e. The fourth-order valence-electron chi connectivity index (χ4n) is 11.9. The van der Waals surface area contributed by atoms with Gasteiger partial charge in [0.15, 0.2) is 60.9 Å². The molecule has 20 atom stereocenters. The first-order valence-corrected chi connectivity index (χ1v) is 34.7. The molecule has 47 heteroatoms. The average molecular weight is 1580 g/mol. The Morgan fingerprint density at radius 3 is 1.44 bits per heavy atom. The number of hydrogen-bond acceptors (Lipinski definition) is 39. The SMILES string of the molecule is CC(C)Cn1cnc2c(N)nc3ccccc3c21.CCOCc1nc2c(N)nc3ccccc3c2n1CC(C)(C)O.CN1C[C@H](O)[C@@H](O)[C@H](O)[C@H]1CO.N=C(N)c1ncn([C@@H]2O[C@H](O)[C@@H](O)[C@H]2O)n1.N=C(N)c1ncn([C@H]2O[C@@H](O)[C@H](O)[C@@H]2O)n1.NC(=O)c1ncn([C@H]2O[C@@H](O)[C@H](O)[C@@H]2O)n1.OC[C@H]1NC[C@H](O)[C@@H](O)[C@@H]1O. The summed E-state index contributed by atoms with van der Waals surface area (Å²) in [5.74, 6) is 0.443. The van der Waals surface area contributed by atoms with Crippen molar-refractivity contribution in [1.82, 2.24) is 83.6 Å². The van der Waals surface area contributed by atoms with E-state index in [0.29, 0.717) is 42.8 Å². The van der Waals surface area contributed by atoms with Crippen molar-refractivity contribution in [2.24, 2.45) is 23.1 Å². The third kappa shape index (κ3) is 20.9. The Balaban J connectivity index is 0.000000166. The molecule has 0 bridgehead atoms. The molecule has 12 heterocycles. The van der Waals surface area contributed by atoms with Gasteiger partial charge in [-0.25, -0.2) is 48.9 Å². The number of anilines is 2. The zero-order valence-electron chi connectivity index (χ0n) is 61.3. The molecule has 5 saturated heterocycles. The Bertz CT molecular complexity index is 4380. The zero-order valence-corrected chi connectivity index (χ0v) is 61.3. The third-order valence-electron chi connectivity index (χ3n) is 17.7. The monoisotopic (exact) mass is 1580 g/mol. The number of likely N-dealkylation sites (tertiary alicyclic amines) is 1. The molecule has 31 N–H and O–H groups in total. The highest BCUT2D eigenvalue weighted by atomic mass is 16.7. The van der Waals surface area contributed by atoms with Crippen LogP contribution in [-0.2, 0) is 38.6 Å². The number of benzene rings is 2. The summed E-state index contributed by atoms with van der Waals surface area (Å²) >= 11 is 0. The number of β-amino-alcohol motifs (C(OH)–C–C–N with tert-alkyl or cyclic N) is 2. The van der Waals surface area contributed by atoms with E-state index in [1.807, 2.05) is 60.3 Å². The minimum Gasteiger partial charge on any atom is -0.395 e. The first kappa shape index (κ1) is 88.2. The van der Waals surface area contributed by atoms with Crippen molar-refractivity contribution in [3.63, 3.8) is 0 Å². The molecule has 0 unspecified atom stereocenters.